The van der Waals surface area contributed by atoms with Gasteiger partial charge in [0, 0.05) is 18.7 Å². The van der Waals surface area contributed by atoms with Gasteiger partial charge in [0.05, 0.1) is 0 Å². The molecule has 2 aromatic rings. The van der Waals surface area contributed by atoms with Crippen LogP contribution in [0.3, 0.4) is 0 Å². The number of aromatic nitrogens is 3. The lowest BCUT2D eigenvalue weighted by molar-refractivity contribution is 0.190. The maximum absolute atomic E-state index is 4.89. The average Bonchev–Trinajstić information content (AvgIpc) is 3.29. The van der Waals surface area contributed by atoms with Crippen molar-refractivity contribution in [1.82, 2.24) is 19.4 Å². The maximum atomic E-state index is 4.89. The van der Waals surface area contributed by atoms with Crippen LogP contribution in [0.5, 0.6) is 0 Å². The molecule has 2 fully saturated rings. The molecular formula is C17H24N4. The zero-order chi connectivity index (χ0) is 14.2. The molecule has 4 heteroatoms. The van der Waals surface area contributed by atoms with E-state index in [1.54, 1.807) is 0 Å². The van der Waals surface area contributed by atoms with Crippen LogP contribution in [0.4, 0.5) is 0 Å². The van der Waals surface area contributed by atoms with Gasteiger partial charge >= 0.3 is 0 Å². The molecule has 4 rings (SSSR count). The molecule has 2 aliphatic rings. The minimum absolute atomic E-state index is 0.663. The SMILES string of the molecule is CCN1CCC(Cc2nc3cccnc3n2C2CC2)CC1. The Balaban J connectivity index is 1.57. The number of hydrogen-bond donors (Lipinski definition) is 0. The van der Waals surface area contributed by atoms with Gasteiger partial charge in [0.25, 0.3) is 0 Å². The van der Waals surface area contributed by atoms with Crippen LogP contribution < -0.4 is 0 Å². The Morgan fingerprint density at radius 3 is 2.71 bits per heavy atom. The quantitative estimate of drug-likeness (QED) is 0.865. The van der Waals surface area contributed by atoms with Crippen LogP contribution in [0.15, 0.2) is 18.3 Å². The fraction of sp³-hybridized carbons (Fsp3) is 0.647. The van der Waals surface area contributed by atoms with Gasteiger partial charge in [-0.15, -0.1) is 0 Å². The van der Waals surface area contributed by atoms with Crippen molar-refractivity contribution in [1.29, 1.82) is 0 Å². The summed E-state index contributed by atoms with van der Waals surface area (Å²) >= 11 is 0. The number of fused-ring (bicyclic) bond motifs is 1. The van der Waals surface area contributed by atoms with Crippen molar-refractivity contribution in [3.8, 4) is 0 Å². The first kappa shape index (κ1) is 13.3. The lowest BCUT2D eigenvalue weighted by Crippen LogP contribution is -2.34. The van der Waals surface area contributed by atoms with Gasteiger partial charge in [0.15, 0.2) is 5.65 Å². The molecular weight excluding hydrogens is 260 g/mol. The molecule has 1 aliphatic heterocycles. The normalized spacial score (nSPS) is 21.2. The Kier molecular flexibility index (Phi) is 3.42. The van der Waals surface area contributed by atoms with Crippen LogP contribution in [0.2, 0.25) is 0 Å². The van der Waals surface area contributed by atoms with E-state index in [9.17, 15) is 0 Å². The van der Waals surface area contributed by atoms with Gasteiger partial charge in [-0.3, -0.25) is 0 Å². The zero-order valence-electron chi connectivity index (χ0n) is 12.8. The summed E-state index contributed by atoms with van der Waals surface area (Å²) < 4.78 is 2.43. The van der Waals surface area contributed by atoms with Gasteiger partial charge in [-0.2, -0.15) is 0 Å². The molecule has 0 spiro atoms. The van der Waals surface area contributed by atoms with E-state index in [-0.39, 0.29) is 0 Å². The summed E-state index contributed by atoms with van der Waals surface area (Å²) in [5, 5.41) is 0. The van der Waals surface area contributed by atoms with Gasteiger partial charge < -0.3 is 9.47 Å². The third kappa shape index (κ3) is 2.57. The first-order valence-corrected chi connectivity index (χ1v) is 8.39. The zero-order valence-corrected chi connectivity index (χ0v) is 12.8. The van der Waals surface area contributed by atoms with Gasteiger partial charge in [-0.25, -0.2) is 9.97 Å². The van der Waals surface area contributed by atoms with Crippen molar-refractivity contribution >= 4 is 11.2 Å². The molecule has 21 heavy (non-hydrogen) atoms. The number of pyridine rings is 1. The van der Waals surface area contributed by atoms with E-state index in [1.165, 1.54) is 51.1 Å². The Morgan fingerprint density at radius 1 is 1.19 bits per heavy atom. The topological polar surface area (TPSA) is 34.0 Å². The summed E-state index contributed by atoms with van der Waals surface area (Å²) in [6, 6.07) is 4.76. The number of imidazole rings is 1. The monoisotopic (exact) mass is 284 g/mol. The number of nitrogens with zero attached hydrogens (tertiary/aromatic N) is 4. The van der Waals surface area contributed by atoms with Crippen molar-refractivity contribution in [2.24, 2.45) is 5.92 Å². The smallest absolute Gasteiger partial charge is 0.160 e. The first-order chi connectivity index (χ1) is 10.3. The largest absolute Gasteiger partial charge is 0.310 e. The molecule has 2 aromatic heterocycles. The molecule has 0 bridgehead atoms. The van der Waals surface area contributed by atoms with Crippen LogP contribution in [0.25, 0.3) is 11.2 Å². The molecule has 1 saturated carbocycles. The Bertz CT molecular complexity index is 621. The predicted octanol–water partition coefficient (Wildman–Crippen LogP) is 3.04. The van der Waals surface area contributed by atoms with Gasteiger partial charge in [-0.1, -0.05) is 6.92 Å². The fourth-order valence-corrected chi connectivity index (χ4v) is 3.60. The summed E-state index contributed by atoms with van der Waals surface area (Å²) in [6.07, 6.45) is 8.24. The molecule has 1 aliphatic carbocycles. The van der Waals surface area contributed by atoms with Crippen molar-refractivity contribution in [3.05, 3.63) is 24.2 Å². The summed E-state index contributed by atoms with van der Waals surface area (Å²) in [7, 11) is 0. The molecule has 0 aromatic carbocycles. The highest BCUT2D eigenvalue weighted by atomic mass is 15.2. The minimum atomic E-state index is 0.663. The fourth-order valence-electron chi connectivity index (χ4n) is 3.60. The third-order valence-electron chi connectivity index (χ3n) is 5.06. The second-order valence-corrected chi connectivity index (χ2v) is 6.56. The standard InChI is InChI=1S/C17H24N4/c1-2-20-10-7-13(8-11-20)12-16-19-15-4-3-9-18-17(15)21(16)14-5-6-14/h3-4,9,13-14H,2,5-8,10-12H2,1H3. The molecule has 0 atom stereocenters. The Labute approximate surface area is 126 Å². The van der Waals surface area contributed by atoms with E-state index in [4.69, 9.17) is 4.98 Å². The van der Waals surface area contributed by atoms with Crippen LogP contribution in [-0.4, -0.2) is 39.1 Å². The van der Waals surface area contributed by atoms with E-state index in [2.05, 4.69) is 27.4 Å². The summed E-state index contributed by atoms with van der Waals surface area (Å²) in [4.78, 5) is 12.0. The summed E-state index contributed by atoms with van der Waals surface area (Å²) in [5.74, 6) is 2.07. The summed E-state index contributed by atoms with van der Waals surface area (Å²) in [6.45, 7) is 5.96. The molecule has 112 valence electrons. The lowest BCUT2D eigenvalue weighted by atomic mass is 9.93. The highest BCUT2D eigenvalue weighted by molar-refractivity contribution is 5.71. The molecule has 4 nitrogen and oxygen atoms in total. The molecule has 0 unspecified atom stereocenters. The van der Waals surface area contributed by atoms with Gasteiger partial charge in [0.1, 0.15) is 11.3 Å². The van der Waals surface area contributed by atoms with E-state index < -0.39 is 0 Å². The van der Waals surface area contributed by atoms with Crippen molar-refractivity contribution in [2.45, 2.75) is 45.1 Å². The summed E-state index contributed by atoms with van der Waals surface area (Å²) in [5.41, 5.74) is 2.17. The van der Waals surface area contributed by atoms with Crippen LogP contribution in [0.1, 0.15) is 44.5 Å². The third-order valence-corrected chi connectivity index (χ3v) is 5.06. The number of rotatable bonds is 4. The second-order valence-electron chi connectivity index (χ2n) is 6.56. The molecule has 0 amide bonds. The molecule has 0 radical (unpaired) electrons. The lowest BCUT2D eigenvalue weighted by Gasteiger charge is -2.30. The Morgan fingerprint density at radius 2 is 2.00 bits per heavy atom. The van der Waals surface area contributed by atoms with E-state index >= 15 is 0 Å². The van der Waals surface area contributed by atoms with E-state index in [1.807, 2.05) is 12.3 Å². The minimum Gasteiger partial charge on any atom is -0.310 e. The van der Waals surface area contributed by atoms with Crippen LogP contribution in [0, 0.1) is 5.92 Å². The number of piperidine rings is 1. The predicted molar refractivity (Wildman–Crippen MR) is 84.3 cm³/mol. The van der Waals surface area contributed by atoms with Crippen molar-refractivity contribution < 1.29 is 0 Å². The van der Waals surface area contributed by atoms with E-state index in [0.717, 1.165) is 23.5 Å². The highest BCUT2D eigenvalue weighted by Gasteiger charge is 2.30. The first-order valence-electron chi connectivity index (χ1n) is 8.39. The second kappa shape index (κ2) is 5.41. The van der Waals surface area contributed by atoms with Gasteiger partial charge in [0.2, 0.25) is 0 Å². The molecule has 1 saturated heterocycles. The van der Waals surface area contributed by atoms with Gasteiger partial charge in [-0.05, 0) is 63.4 Å². The van der Waals surface area contributed by atoms with Crippen molar-refractivity contribution in [2.75, 3.05) is 19.6 Å². The average molecular weight is 284 g/mol. The highest BCUT2D eigenvalue weighted by Crippen LogP contribution is 2.39. The van der Waals surface area contributed by atoms with Crippen molar-refractivity contribution in [3.63, 3.8) is 0 Å². The Hall–Kier alpha value is -1.42. The molecule has 0 N–H and O–H groups in total. The van der Waals surface area contributed by atoms with E-state index in [0.29, 0.717) is 6.04 Å². The maximum Gasteiger partial charge on any atom is 0.160 e. The number of hydrogen-bond acceptors (Lipinski definition) is 3. The van der Waals surface area contributed by atoms with Crippen LogP contribution in [-0.2, 0) is 6.42 Å². The van der Waals surface area contributed by atoms with Crippen LogP contribution >= 0.6 is 0 Å². The molecule has 3 heterocycles. The number of likely N-dealkylation sites (tertiary alicyclic amines) is 1.